The lowest BCUT2D eigenvalue weighted by molar-refractivity contribution is -0.150. The van der Waals surface area contributed by atoms with Gasteiger partial charge in [0.1, 0.15) is 16.2 Å². The average molecular weight is 404 g/mol. The Bertz CT molecular complexity index is 773. The van der Waals surface area contributed by atoms with Gasteiger partial charge in [0.25, 0.3) is 5.91 Å². The van der Waals surface area contributed by atoms with Crippen molar-refractivity contribution >= 4 is 35.4 Å². The molecule has 3 rings (SSSR count). The number of esters is 1. The van der Waals surface area contributed by atoms with Crippen LogP contribution < -0.4 is 0 Å². The number of methoxy groups -OCH3 is 1. The van der Waals surface area contributed by atoms with Crippen molar-refractivity contribution in [2.75, 3.05) is 7.11 Å². The number of rotatable bonds is 5. The van der Waals surface area contributed by atoms with Gasteiger partial charge in [0.2, 0.25) is 0 Å². The molecular weight excluding hydrogens is 382 g/mol. The SMILES string of the molecule is COC(=O)C(C(C)C)N1SC(Cl)C(c2ccccc2)(c2ccccc2)C1=O. The lowest BCUT2D eigenvalue weighted by Crippen LogP contribution is -2.48. The van der Waals surface area contributed by atoms with Gasteiger partial charge in [-0.15, -0.1) is 11.6 Å². The number of halogens is 1. The van der Waals surface area contributed by atoms with Gasteiger partial charge >= 0.3 is 5.97 Å². The Morgan fingerprint density at radius 3 is 1.96 bits per heavy atom. The molecule has 0 saturated carbocycles. The van der Waals surface area contributed by atoms with E-state index in [-0.39, 0.29) is 11.8 Å². The third kappa shape index (κ3) is 3.23. The van der Waals surface area contributed by atoms with Gasteiger partial charge in [-0.2, -0.15) is 0 Å². The normalized spacial score (nSPS) is 20.0. The van der Waals surface area contributed by atoms with Crippen LogP contribution in [0.4, 0.5) is 0 Å². The minimum atomic E-state index is -1.07. The number of nitrogens with zero attached hydrogens (tertiary/aromatic N) is 1. The monoisotopic (exact) mass is 403 g/mol. The third-order valence-corrected chi connectivity index (χ3v) is 6.59. The lowest BCUT2D eigenvalue weighted by Gasteiger charge is -2.32. The molecule has 6 heteroatoms. The van der Waals surface area contributed by atoms with Crippen molar-refractivity contribution in [3.8, 4) is 0 Å². The zero-order valence-corrected chi connectivity index (χ0v) is 17.0. The number of carbonyl (C=O) groups excluding carboxylic acids is 2. The van der Waals surface area contributed by atoms with Gasteiger partial charge in [-0.1, -0.05) is 74.5 Å². The third-order valence-electron chi connectivity index (χ3n) is 4.87. The summed E-state index contributed by atoms with van der Waals surface area (Å²) in [6.45, 7) is 3.79. The summed E-state index contributed by atoms with van der Waals surface area (Å²) >= 11 is 8.04. The zero-order chi connectivity index (χ0) is 19.6. The van der Waals surface area contributed by atoms with Crippen LogP contribution in [0.5, 0.6) is 0 Å². The average Bonchev–Trinajstić information content (AvgIpc) is 2.94. The molecule has 0 spiro atoms. The molecule has 0 aliphatic carbocycles. The number of benzene rings is 2. The Balaban J connectivity index is 2.18. The molecule has 1 amide bonds. The molecule has 1 fully saturated rings. The van der Waals surface area contributed by atoms with E-state index in [4.69, 9.17) is 16.3 Å². The van der Waals surface area contributed by atoms with Crippen LogP contribution in [-0.4, -0.2) is 34.0 Å². The fourth-order valence-electron chi connectivity index (χ4n) is 3.53. The highest BCUT2D eigenvalue weighted by Gasteiger charge is 2.59. The second kappa shape index (κ2) is 7.95. The topological polar surface area (TPSA) is 46.6 Å². The van der Waals surface area contributed by atoms with E-state index in [0.717, 1.165) is 11.1 Å². The van der Waals surface area contributed by atoms with Crippen molar-refractivity contribution in [1.82, 2.24) is 4.31 Å². The maximum absolute atomic E-state index is 13.8. The van der Waals surface area contributed by atoms with Crippen molar-refractivity contribution in [1.29, 1.82) is 0 Å². The summed E-state index contributed by atoms with van der Waals surface area (Å²) in [6, 6.07) is 18.3. The highest BCUT2D eigenvalue weighted by atomic mass is 35.5. The van der Waals surface area contributed by atoms with E-state index in [0.29, 0.717) is 0 Å². The molecule has 2 aromatic rings. The Morgan fingerprint density at radius 1 is 1.07 bits per heavy atom. The largest absolute Gasteiger partial charge is 0.467 e. The van der Waals surface area contributed by atoms with E-state index < -0.39 is 22.1 Å². The Labute approximate surface area is 169 Å². The molecular formula is C21H22ClNO3S. The summed E-state index contributed by atoms with van der Waals surface area (Å²) in [7, 11) is 1.34. The van der Waals surface area contributed by atoms with Crippen LogP contribution in [0.15, 0.2) is 60.7 Å². The first-order chi connectivity index (χ1) is 12.9. The molecule has 1 saturated heterocycles. The predicted octanol–water partition coefficient (Wildman–Crippen LogP) is 4.23. The van der Waals surface area contributed by atoms with E-state index >= 15 is 0 Å². The molecule has 1 heterocycles. The summed E-state index contributed by atoms with van der Waals surface area (Å²) in [5, 5.41) is 0. The molecule has 27 heavy (non-hydrogen) atoms. The maximum Gasteiger partial charge on any atom is 0.329 e. The maximum atomic E-state index is 13.8. The van der Waals surface area contributed by atoms with Gasteiger partial charge in [-0.25, -0.2) is 4.79 Å². The van der Waals surface area contributed by atoms with Gasteiger partial charge in [0, 0.05) is 0 Å². The number of hydrogen-bond acceptors (Lipinski definition) is 4. The van der Waals surface area contributed by atoms with Crippen LogP contribution >= 0.6 is 23.5 Å². The van der Waals surface area contributed by atoms with Crippen molar-refractivity contribution in [3.63, 3.8) is 0 Å². The minimum Gasteiger partial charge on any atom is -0.467 e. The number of alkyl halides is 1. The van der Waals surface area contributed by atoms with Crippen LogP contribution in [0.1, 0.15) is 25.0 Å². The van der Waals surface area contributed by atoms with Gasteiger partial charge in [0.05, 0.1) is 7.11 Å². The molecule has 1 aliphatic heterocycles. The van der Waals surface area contributed by atoms with Crippen LogP contribution in [0.2, 0.25) is 0 Å². The quantitative estimate of drug-likeness (QED) is 0.426. The van der Waals surface area contributed by atoms with Gasteiger partial charge in [-0.05, 0) is 29.0 Å². The fourth-order valence-corrected chi connectivity index (χ4v) is 5.56. The van der Waals surface area contributed by atoms with Crippen molar-refractivity contribution in [2.45, 2.75) is 30.0 Å². The van der Waals surface area contributed by atoms with E-state index in [2.05, 4.69) is 0 Å². The van der Waals surface area contributed by atoms with Crippen LogP contribution in [-0.2, 0) is 19.7 Å². The first-order valence-electron chi connectivity index (χ1n) is 8.78. The summed E-state index contributed by atoms with van der Waals surface area (Å²) in [5.41, 5.74) is 0.544. The summed E-state index contributed by atoms with van der Waals surface area (Å²) < 4.78 is 5.87. The second-order valence-electron chi connectivity index (χ2n) is 6.80. The molecule has 1 aliphatic rings. The lowest BCUT2D eigenvalue weighted by atomic mass is 9.74. The molecule has 2 aromatic carbocycles. The van der Waals surface area contributed by atoms with E-state index in [9.17, 15) is 9.59 Å². The molecule has 0 radical (unpaired) electrons. The number of carbonyl (C=O) groups is 2. The van der Waals surface area contributed by atoms with Crippen LogP contribution in [0, 0.1) is 5.92 Å². The standard InChI is InChI=1S/C21H22ClNO3S/c1-14(2)17(18(24)26-3)23-20(25)21(19(22)27-23,15-10-6-4-7-11-15)16-12-8-5-9-13-16/h4-14,17,19H,1-3H3. The highest BCUT2D eigenvalue weighted by Crippen LogP contribution is 2.53. The van der Waals surface area contributed by atoms with Crippen LogP contribution in [0.3, 0.4) is 0 Å². The molecule has 0 N–H and O–H groups in total. The van der Waals surface area contributed by atoms with E-state index in [1.165, 1.54) is 23.4 Å². The highest BCUT2D eigenvalue weighted by molar-refractivity contribution is 8.00. The molecule has 2 unspecified atom stereocenters. The van der Waals surface area contributed by atoms with Crippen molar-refractivity contribution < 1.29 is 14.3 Å². The molecule has 2 atom stereocenters. The van der Waals surface area contributed by atoms with Crippen molar-refractivity contribution in [3.05, 3.63) is 71.8 Å². The Hall–Kier alpha value is -1.98. The summed E-state index contributed by atoms with van der Waals surface area (Å²) in [4.78, 5) is 26.2. The van der Waals surface area contributed by atoms with E-state index in [1.807, 2.05) is 74.5 Å². The summed E-state index contributed by atoms with van der Waals surface area (Å²) in [6.07, 6.45) is 0. The zero-order valence-electron chi connectivity index (χ0n) is 15.5. The molecule has 142 valence electrons. The second-order valence-corrected chi connectivity index (χ2v) is 8.58. The van der Waals surface area contributed by atoms with Crippen molar-refractivity contribution in [2.24, 2.45) is 5.92 Å². The molecule has 0 aromatic heterocycles. The van der Waals surface area contributed by atoms with E-state index in [1.54, 1.807) is 0 Å². The van der Waals surface area contributed by atoms with Gasteiger partial charge in [-0.3, -0.25) is 9.10 Å². The smallest absolute Gasteiger partial charge is 0.329 e. The molecule has 0 bridgehead atoms. The Kier molecular flexibility index (Phi) is 5.82. The summed E-state index contributed by atoms with van der Waals surface area (Å²) in [5.74, 6) is -0.749. The number of ether oxygens (including phenoxy) is 1. The van der Waals surface area contributed by atoms with Gasteiger partial charge < -0.3 is 4.74 Å². The fraction of sp³-hybridized carbons (Fsp3) is 0.333. The minimum absolute atomic E-state index is 0.111. The first kappa shape index (κ1) is 19.8. The first-order valence-corrected chi connectivity index (χ1v) is 10.0. The number of amides is 1. The molecule has 4 nitrogen and oxygen atoms in total. The van der Waals surface area contributed by atoms with Crippen LogP contribution in [0.25, 0.3) is 0 Å². The Morgan fingerprint density at radius 2 is 1.56 bits per heavy atom. The predicted molar refractivity (Wildman–Crippen MR) is 108 cm³/mol. The van der Waals surface area contributed by atoms with Gasteiger partial charge in [0.15, 0.2) is 0 Å². The number of hydrogen-bond donors (Lipinski definition) is 0.